The van der Waals surface area contributed by atoms with E-state index < -0.39 is 11.8 Å². The lowest BCUT2D eigenvalue weighted by molar-refractivity contribution is -0.137. The first-order chi connectivity index (χ1) is 16.9. The second-order valence-electron chi connectivity index (χ2n) is 8.98. The van der Waals surface area contributed by atoms with Crippen LogP contribution in [0.3, 0.4) is 0 Å². The fourth-order valence-electron chi connectivity index (χ4n) is 4.41. The Morgan fingerprint density at radius 3 is 2.29 bits per heavy atom. The Morgan fingerprint density at radius 2 is 1.60 bits per heavy atom. The van der Waals surface area contributed by atoms with Crippen molar-refractivity contribution in [2.45, 2.75) is 13.3 Å². The number of nitrogens with zero attached hydrogens (tertiary/aromatic N) is 3. The summed E-state index contributed by atoms with van der Waals surface area (Å²) in [4.78, 5) is 55.2. The molecule has 0 unspecified atom stereocenters. The quantitative estimate of drug-likeness (QED) is 0.610. The van der Waals surface area contributed by atoms with Gasteiger partial charge in [-0.1, -0.05) is 35.9 Å². The predicted octanol–water partition coefficient (Wildman–Crippen LogP) is 1.25. The van der Waals surface area contributed by atoms with Crippen molar-refractivity contribution in [2.75, 3.05) is 56.0 Å². The second kappa shape index (κ2) is 11.1. The monoisotopic (exact) mass is 477 g/mol. The summed E-state index contributed by atoms with van der Waals surface area (Å²) >= 11 is 0. The van der Waals surface area contributed by atoms with Crippen molar-refractivity contribution in [3.8, 4) is 0 Å². The van der Waals surface area contributed by atoms with Crippen molar-refractivity contribution in [2.24, 2.45) is 5.92 Å². The zero-order valence-electron chi connectivity index (χ0n) is 19.9. The highest BCUT2D eigenvalue weighted by Crippen LogP contribution is 2.27. The molecular weight excluding hydrogens is 446 g/mol. The number of nitrogens with one attached hydrogen (secondary N) is 2. The van der Waals surface area contributed by atoms with Gasteiger partial charge in [0, 0.05) is 63.6 Å². The SMILES string of the molecule is Cc1ccc(N2C[C@H](C(=O)N3CCN(CCNC(=O)C(=O)Nc4ccccc4)CC3)CC2=O)cc1. The van der Waals surface area contributed by atoms with Crippen molar-refractivity contribution in [1.82, 2.24) is 15.1 Å². The first-order valence-corrected chi connectivity index (χ1v) is 11.9. The molecule has 0 saturated carbocycles. The van der Waals surface area contributed by atoms with Crippen LogP contribution in [0.5, 0.6) is 0 Å². The lowest BCUT2D eigenvalue weighted by Gasteiger charge is -2.35. The highest BCUT2D eigenvalue weighted by atomic mass is 16.2. The van der Waals surface area contributed by atoms with Gasteiger partial charge in [-0.3, -0.25) is 24.1 Å². The maximum Gasteiger partial charge on any atom is 0.313 e. The standard InChI is InChI=1S/C26H31N5O4/c1-19-7-9-22(10-8-19)31-18-20(17-23(31)32)26(35)30-15-13-29(14-16-30)12-11-27-24(33)25(34)28-21-5-3-2-4-6-21/h2-10,20H,11-18H2,1H3,(H,27,33)(H,28,34)/t20-/m1/s1. The number of amides is 4. The molecule has 9 nitrogen and oxygen atoms in total. The van der Waals surface area contributed by atoms with Crippen molar-refractivity contribution in [3.63, 3.8) is 0 Å². The summed E-state index contributed by atoms with van der Waals surface area (Å²) in [6.07, 6.45) is 0.240. The maximum atomic E-state index is 13.0. The first kappa shape index (κ1) is 24.4. The van der Waals surface area contributed by atoms with Crippen LogP contribution in [0.1, 0.15) is 12.0 Å². The van der Waals surface area contributed by atoms with E-state index in [2.05, 4.69) is 15.5 Å². The maximum absolute atomic E-state index is 13.0. The summed E-state index contributed by atoms with van der Waals surface area (Å²) < 4.78 is 0. The number of aryl methyl sites for hydroxylation is 1. The average Bonchev–Trinajstić information content (AvgIpc) is 3.26. The molecule has 0 spiro atoms. The lowest BCUT2D eigenvalue weighted by atomic mass is 10.1. The molecule has 4 rings (SSSR count). The minimum Gasteiger partial charge on any atom is -0.347 e. The fourth-order valence-corrected chi connectivity index (χ4v) is 4.41. The van der Waals surface area contributed by atoms with Gasteiger partial charge in [0.2, 0.25) is 11.8 Å². The predicted molar refractivity (Wildman–Crippen MR) is 133 cm³/mol. The van der Waals surface area contributed by atoms with E-state index in [1.54, 1.807) is 29.2 Å². The molecule has 0 aliphatic carbocycles. The third-order valence-corrected chi connectivity index (χ3v) is 6.46. The molecule has 184 valence electrons. The normalized spacial score (nSPS) is 18.4. The number of piperazine rings is 1. The number of hydrogen-bond donors (Lipinski definition) is 2. The molecule has 1 atom stereocenters. The van der Waals surface area contributed by atoms with Crippen molar-refractivity contribution in [1.29, 1.82) is 0 Å². The number of anilines is 2. The van der Waals surface area contributed by atoms with Crippen molar-refractivity contribution >= 4 is 35.0 Å². The highest BCUT2D eigenvalue weighted by Gasteiger charge is 2.37. The van der Waals surface area contributed by atoms with E-state index in [1.807, 2.05) is 42.2 Å². The molecule has 0 bridgehead atoms. The smallest absolute Gasteiger partial charge is 0.313 e. The zero-order chi connectivity index (χ0) is 24.8. The van der Waals surface area contributed by atoms with Crippen LogP contribution < -0.4 is 15.5 Å². The molecule has 2 heterocycles. The summed E-state index contributed by atoms with van der Waals surface area (Å²) in [5, 5.41) is 5.20. The number of rotatable bonds is 6. The van der Waals surface area contributed by atoms with Crippen LogP contribution in [0.2, 0.25) is 0 Å². The first-order valence-electron chi connectivity index (χ1n) is 11.9. The third-order valence-electron chi connectivity index (χ3n) is 6.46. The average molecular weight is 478 g/mol. The number of carbonyl (C=O) groups excluding carboxylic acids is 4. The van der Waals surface area contributed by atoms with E-state index in [0.717, 1.165) is 11.3 Å². The molecule has 0 radical (unpaired) electrons. The minimum atomic E-state index is -0.697. The highest BCUT2D eigenvalue weighted by molar-refractivity contribution is 6.39. The number of hydrogen-bond acceptors (Lipinski definition) is 5. The fraction of sp³-hybridized carbons (Fsp3) is 0.385. The second-order valence-corrected chi connectivity index (χ2v) is 8.98. The molecule has 2 saturated heterocycles. The van der Waals surface area contributed by atoms with E-state index in [0.29, 0.717) is 51.5 Å². The topological polar surface area (TPSA) is 102 Å². The Hall–Kier alpha value is -3.72. The molecule has 4 amide bonds. The summed E-state index contributed by atoms with van der Waals surface area (Å²) in [5.74, 6) is -1.68. The van der Waals surface area contributed by atoms with Crippen LogP contribution in [0.4, 0.5) is 11.4 Å². The van der Waals surface area contributed by atoms with Gasteiger partial charge in [0.05, 0.1) is 5.92 Å². The number of carbonyl (C=O) groups is 4. The van der Waals surface area contributed by atoms with Gasteiger partial charge in [-0.15, -0.1) is 0 Å². The van der Waals surface area contributed by atoms with Crippen molar-refractivity contribution in [3.05, 3.63) is 60.2 Å². The zero-order valence-corrected chi connectivity index (χ0v) is 19.9. The van der Waals surface area contributed by atoms with Crippen LogP contribution >= 0.6 is 0 Å². The van der Waals surface area contributed by atoms with Crippen molar-refractivity contribution < 1.29 is 19.2 Å². The van der Waals surface area contributed by atoms with E-state index in [9.17, 15) is 19.2 Å². The summed E-state index contributed by atoms with van der Waals surface area (Å²) in [7, 11) is 0. The third kappa shape index (κ3) is 6.24. The van der Waals surface area contributed by atoms with E-state index in [1.165, 1.54) is 0 Å². The van der Waals surface area contributed by atoms with Gasteiger partial charge >= 0.3 is 11.8 Å². The van der Waals surface area contributed by atoms with Gasteiger partial charge in [-0.05, 0) is 31.2 Å². The Morgan fingerprint density at radius 1 is 0.914 bits per heavy atom. The molecule has 2 aliphatic heterocycles. The van der Waals surface area contributed by atoms with Gasteiger partial charge < -0.3 is 20.4 Å². The largest absolute Gasteiger partial charge is 0.347 e. The minimum absolute atomic E-state index is 0.0159. The summed E-state index contributed by atoms with van der Waals surface area (Å²) in [6, 6.07) is 16.6. The summed E-state index contributed by atoms with van der Waals surface area (Å²) in [5.41, 5.74) is 2.53. The lowest BCUT2D eigenvalue weighted by Crippen LogP contribution is -2.52. The summed E-state index contributed by atoms with van der Waals surface area (Å²) in [6.45, 7) is 5.87. The van der Waals surface area contributed by atoms with Gasteiger partial charge in [0.25, 0.3) is 0 Å². The van der Waals surface area contributed by atoms with Gasteiger partial charge in [0.1, 0.15) is 0 Å². The van der Waals surface area contributed by atoms with Crippen LogP contribution in [0, 0.1) is 12.8 Å². The number of para-hydroxylation sites is 1. The molecule has 9 heteroatoms. The Balaban J connectivity index is 1.17. The Bertz CT molecular complexity index is 1060. The molecule has 2 fully saturated rings. The van der Waals surface area contributed by atoms with Crippen LogP contribution in [0.15, 0.2) is 54.6 Å². The molecule has 2 N–H and O–H groups in total. The molecule has 35 heavy (non-hydrogen) atoms. The van der Waals surface area contributed by atoms with Gasteiger partial charge in [-0.25, -0.2) is 0 Å². The van der Waals surface area contributed by atoms with E-state index >= 15 is 0 Å². The van der Waals surface area contributed by atoms with Crippen LogP contribution in [0.25, 0.3) is 0 Å². The van der Waals surface area contributed by atoms with Crippen LogP contribution in [-0.4, -0.2) is 79.2 Å². The van der Waals surface area contributed by atoms with Gasteiger partial charge in [-0.2, -0.15) is 0 Å². The molecule has 2 aliphatic rings. The van der Waals surface area contributed by atoms with E-state index in [-0.39, 0.29) is 24.2 Å². The molecular formula is C26H31N5O4. The number of benzene rings is 2. The molecule has 2 aromatic rings. The Labute approximate surface area is 205 Å². The van der Waals surface area contributed by atoms with E-state index in [4.69, 9.17) is 0 Å². The molecule has 0 aromatic heterocycles. The molecule has 2 aromatic carbocycles. The van der Waals surface area contributed by atoms with Crippen LogP contribution in [-0.2, 0) is 19.2 Å². The Kier molecular flexibility index (Phi) is 7.77. The van der Waals surface area contributed by atoms with Gasteiger partial charge in [0.15, 0.2) is 0 Å².